The third-order valence-corrected chi connectivity index (χ3v) is 5.38. The zero-order valence-electron chi connectivity index (χ0n) is 11.1. The number of rotatable bonds is 4. The molecule has 2 aromatic heterocycles. The van der Waals surface area contributed by atoms with E-state index < -0.39 is 0 Å². The van der Waals surface area contributed by atoms with E-state index in [1.54, 1.807) is 11.3 Å². The molecule has 4 nitrogen and oxygen atoms in total. The quantitative estimate of drug-likeness (QED) is 0.901. The van der Waals surface area contributed by atoms with Crippen LogP contribution in [0.2, 0.25) is 0 Å². The van der Waals surface area contributed by atoms with Crippen molar-refractivity contribution in [2.24, 2.45) is 5.92 Å². The molecule has 1 atom stereocenters. The molecule has 3 rings (SSSR count). The number of hydrogen-bond acceptors (Lipinski definition) is 6. The van der Waals surface area contributed by atoms with Gasteiger partial charge in [-0.1, -0.05) is 6.42 Å². The molecule has 0 saturated heterocycles. The third kappa shape index (κ3) is 2.47. The first-order valence-electron chi connectivity index (χ1n) is 6.59. The van der Waals surface area contributed by atoms with Gasteiger partial charge in [0.25, 0.3) is 0 Å². The van der Waals surface area contributed by atoms with Crippen LogP contribution in [0, 0.1) is 12.8 Å². The molecular weight excluding hydrogens is 276 g/mol. The van der Waals surface area contributed by atoms with Crippen molar-refractivity contribution in [2.75, 3.05) is 11.1 Å². The van der Waals surface area contributed by atoms with E-state index in [1.165, 1.54) is 30.8 Å². The average molecular weight is 294 g/mol. The summed E-state index contributed by atoms with van der Waals surface area (Å²) in [7, 11) is 0. The van der Waals surface area contributed by atoms with Gasteiger partial charge in [-0.25, -0.2) is 4.98 Å². The highest BCUT2D eigenvalue weighted by atomic mass is 32.1. The summed E-state index contributed by atoms with van der Waals surface area (Å²) < 4.78 is 4.28. The van der Waals surface area contributed by atoms with Crippen LogP contribution in [0.1, 0.15) is 31.2 Å². The van der Waals surface area contributed by atoms with Gasteiger partial charge >= 0.3 is 0 Å². The van der Waals surface area contributed by atoms with Crippen molar-refractivity contribution in [2.45, 2.75) is 39.2 Å². The Bertz CT molecular complexity index is 571. The van der Waals surface area contributed by atoms with Gasteiger partial charge in [-0.05, 0) is 44.1 Å². The van der Waals surface area contributed by atoms with Crippen LogP contribution >= 0.6 is 22.9 Å². The molecule has 1 aliphatic carbocycles. The van der Waals surface area contributed by atoms with E-state index in [2.05, 4.69) is 27.0 Å². The monoisotopic (exact) mass is 294 g/mol. The summed E-state index contributed by atoms with van der Waals surface area (Å²) in [5.41, 5.74) is 7.92. The predicted octanol–water partition coefficient (Wildman–Crippen LogP) is 3.76. The highest BCUT2D eigenvalue weighted by Crippen LogP contribution is 2.39. The zero-order valence-corrected chi connectivity index (χ0v) is 12.8. The molecule has 0 amide bonds. The molecule has 2 aromatic rings. The smallest absolute Gasteiger partial charge is 0.148 e. The van der Waals surface area contributed by atoms with Gasteiger partial charge in [0.15, 0.2) is 0 Å². The van der Waals surface area contributed by atoms with Gasteiger partial charge in [0.2, 0.25) is 0 Å². The van der Waals surface area contributed by atoms with E-state index in [9.17, 15) is 0 Å². The van der Waals surface area contributed by atoms with Crippen LogP contribution < -0.4 is 11.1 Å². The van der Waals surface area contributed by atoms with E-state index in [0.717, 1.165) is 27.2 Å². The summed E-state index contributed by atoms with van der Waals surface area (Å²) in [6.45, 7) is 4.25. The number of thiazole rings is 1. The van der Waals surface area contributed by atoms with Crippen LogP contribution in [0.3, 0.4) is 0 Å². The van der Waals surface area contributed by atoms with Gasteiger partial charge in [-0.3, -0.25) is 0 Å². The standard InChI is InChI=1S/C13H18N4S2/c1-7(9-4-3-5-9)15-13-11(12(14)17-19-13)10-6-18-8(2)16-10/h6-7,9,15H,3-5H2,1-2H3,(H2,14,17). The number of hydrogen-bond donors (Lipinski definition) is 2. The normalized spacial score (nSPS) is 17.2. The number of nitrogens with two attached hydrogens (primary N) is 1. The highest BCUT2D eigenvalue weighted by Gasteiger charge is 2.26. The number of aryl methyl sites for hydroxylation is 1. The Hall–Kier alpha value is -1.14. The molecule has 0 radical (unpaired) electrons. The maximum atomic E-state index is 6.00. The number of aromatic nitrogens is 2. The first kappa shape index (κ1) is 12.9. The minimum Gasteiger partial charge on any atom is -0.382 e. The Morgan fingerprint density at radius 1 is 1.47 bits per heavy atom. The van der Waals surface area contributed by atoms with E-state index in [0.29, 0.717) is 11.9 Å². The van der Waals surface area contributed by atoms with Crippen molar-refractivity contribution in [1.29, 1.82) is 0 Å². The van der Waals surface area contributed by atoms with Gasteiger partial charge in [0.1, 0.15) is 10.8 Å². The Balaban J connectivity index is 1.85. The zero-order chi connectivity index (χ0) is 13.4. The summed E-state index contributed by atoms with van der Waals surface area (Å²) in [6.07, 6.45) is 4.01. The minimum absolute atomic E-state index is 0.479. The van der Waals surface area contributed by atoms with Gasteiger partial charge in [-0.15, -0.1) is 11.3 Å². The summed E-state index contributed by atoms with van der Waals surface area (Å²) >= 11 is 3.08. The fourth-order valence-electron chi connectivity index (χ4n) is 2.39. The van der Waals surface area contributed by atoms with Gasteiger partial charge < -0.3 is 11.1 Å². The Kier molecular flexibility index (Phi) is 3.45. The van der Waals surface area contributed by atoms with Gasteiger partial charge in [0, 0.05) is 11.4 Å². The molecular formula is C13H18N4S2. The molecule has 3 N–H and O–H groups in total. The number of nitrogens with one attached hydrogen (secondary N) is 1. The van der Waals surface area contributed by atoms with E-state index in [4.69, 9.17) is 5.73 Å². The largest absolute Gasteiger partial charge is 0.382 e. The fourth-order valence-corrected chi connectivity index (χ4v) is 3.81. The van der Waals surface area contributed by atoms with Crippen LogP contribution in [0.4, 0.5) is 10.8 Å². The second kappa shape index (κ2) is 5.09. The second-order valence-electron chi connectivity index (χ2n) is 5.15. The molecule has 1 aliphatic rings. The predicted molar refractivity (Wildman–Crippen MR) is 82.8 cm³/mol. The first-order valence-corrected chi connectivity index (χ1v) is 8.24. The average Bonchev–Trinajstić information content (AvgIpc) is 2.83. The molecule has 0 spiro atoms. The highest BCUT2D eigenvalue weighted by molar-refractivity contribution is 7.11. The van der Waals surface area contributed by atoms with Crippen molar-refractivity contribution in [3.63, 3.8) is 0 Å². The molecule has 1 unspecified atom stereocenters. The van der Waals surface area contributed by atoms with Crippen LogP contribution in [-0.2, 0) is 0 Å². The third-order valence-electron chi connectivity index (χ3n) is 3.81. The number of anilines is 2. The lowest BCUT2D eigenvalue weighted by atomic mass is 9.80. The van der Waals surface area contributed by atoms with Crippen LogP contribution in [0.15, 0.2) is 5.38 Å². The number of nitrogen functional groups attached to an aromatic ring is 1. The Morgan fingerprint density at radius 2 is 2.26 bits per heavy atom. The maximum absolute atomic E-state index is 6.00. The van der Waals surface area contributed by atoms with Crippen molar-refractivity contribution in [1.82, 2.24) is 9.36 Å². The first-order chi connectivity index (χ1) is 9.15. The molecule has 1 saturated carbocycles. The lowest BCUT2D eigenvalue weighted by Gasteiger charge is -2.32. The van der Waals surface area contributed by atoms with Crippen molar-refractivity contribution >= 4 is 33.7 Å². The minimum atomic E-state index is 0.479. The molecule has 19 heavy (non-hydrogen) atoms. The Morgan fingerprint density at radius 3 is 2.84 bits per heavy atom. The Labute approximate surface area is 121 Å². The van der Waals surface area contributed by atoms with Crippen molar-refractivity contribution < 1.29 is 0 Å². The summed E-state index contributed by atoms with van der Waals surface area (Å²) in [6, 6.07) is 0.479. The molecule has 1 fully saturated rings. The molecule has 2 heterocycles. The van der Waals surface area contributed by atoms with E-state index in [-0.39, 0.29) is 0 Å². The molecule has 0 aromatic carbocycles. The van der Waals surface area contributed by atoms with Crippen LogP contribution in [0.25, 0.3) is 11.3 Å². The number of nitrogens with zero attached hydrogens (tertiary/aromatic N) is 2. The maximum Gasteiger partial charge on any atom is 0.148 e. The lowest BCUT2D eigenvalue weighted by Crippen LogP contribution is -2.30. The molecule has 6 heteroatoms. The van der Waals surface area contributed by atoms with Crippen molar-refractivity contribution in [3.8, 4) is 11.3 Å². The fraction of sp³-hybridized carbons (Fsp3) is 0.538. The summed E-state index contributed by atoms with van der Waals surface area (Å²) in [5.74, 6) is 1.37. The SMILES string of the molecule is Cc1nc(-c2c(N)nsc2NC(C)C2CCC2)cs1. The van der Waals surface area contributed by atoms with E-state index >= 15 is 0 Å². The molecule has 102 valence electrons. The van der Waals surface area contributed by atoms with E-state index in [1.807, 2.05) is 6.92 Å². The van der Waals surface area contributed by atoms with Crippen LogP contribution in [0.5, 0.6) is 0 Å². The summed E-state index contributed by atoms with van der Waals surface area (Å²) in [5, 5.41) is 7.74. The topological polar surface area (TPSA) is 63.8 Å². The summed E-state index contributed by atoms with van der Waals surface area (Å²) in [4.78, 5) is 4.53. The molecule has 0 bridgehead atoms. The van der Waals surface area contributed by atoms with Gasteiger partial charge in [-0.2, -0.15) is 4.37 Å². The van der Waals surface area contributed by atoms with Gasteiger partial charge in [0.05, 0.1) is 16.3 Å². The lowest BCUT2D eigenvalue weighted by molar-refractivity contribution is 0.285. The second-order valence-corrected chi connectivity index (χ2v) is 6.98. The molecule has 0 aliphatic heterocycles. The van der Waals surface area contributed by atoms with Crippen LogP contribution in [-0.4, -0.2) is 15.4 Å². The van der Waals surface area contributed by atoms with Crippen molar-refractivity contribution in [3.05, 3.63) is 10.4 Å².